The topological polar surface area (TPSA) is 121 Å². The summed E-state index contributed by atoms with van der Waals surface area (Å²) in [7, 11) is -0.983. The summed E-state index contributed by atoms with van der Waals surface area (Å²) in [6.07, 6.45) is 6.22. The lowest BCUT2D eigenvalue weighted by Crippen LogP contribution is -2.22. The molecule has 0 spiro atoms. The van der Waals surface area contributed by atoms with E-state index in [4.69, 9.17) is 10.2 Å². The molecule has 1 amide bonds. The first kappa shape index (κ1) is 31.8. The van der Waals surface area contributed by atoms with E-state index in [1.54, 1.807) is 6.26 Å². The summed E-state index contributed by atoms with van der Waals surface area (Å²) in [5.74, 6) is -3.55. The zero-order valence-electron chi connectivity index (χ0n) is 24.0. The number of fused-ring (bicyclic) bond motifs is 1. The highest BCUT2D eigenvalue weighted by atomic mass is 32.2. The lowest BCUT2D eigenvalue weighted by molar-refractivity contribution is -0.120. The molecule has 0 fully saturated rings. The SMILES string of the molecule is CS(=O)c1ccc(C=C2C=C(CC(=O)NCc3ccccc3)c3ccccc32)cc1.Cc1c(C(=O)O)cc(F)cc1C(=O)O. The lowest BCUT2D eigenvalue weighted by atomic mass is 10.0. The molecule has 7 nitrogen and oxygen atoms in total. The maximum absolute atomic E-state index is 12.8. The average Bonchev–Trinajstić information content (AvgIpc) is 3.34. The summed E-state index contributed by atoms with van der Waals surface area (Å²) in [5.41, 5.74) is 5.85. The minimum Gasteiger partial charge on any atom is -0.478 e. The van der Waals surface area contributed by atoms with Crippen LogP contribution in [0.4, 0.5) is 4.39 Å². The average molecular weight is 612 g/mol. The first-order chi connectivity index (χ1) is 21.0. The molecule has 1 aliphatic carbocycles. The van der Waals surface area contributed by atoms with Gasteiger partial charge in [-0.05, 0) is 82.3 Å². The monoisotopic (exact) mass is 611 g/mol. The molecule has 1 aliphatic rings. The summed E-state index contributed by atoms with van der Waals surface area (Å²) < 4.78 is 24.4. The predicted octanol–water partition coefficient (Wildman–Crippen LogP) is 6.60. The number of aromatic carboxylic acids is 2. The second kappa shape index (κ2) is 14.3. The molecule has 224 valence electrons. The van der Waals surface area contributed by atoms with Gasteiger partial charge in [0.1, 0.15) is 5.82 Å². The Kier molecular flexibility index (Phi) is 10.4. The minimum absolute atomic E-state index is 0.0101. The highest BCUT2D eigenvalue weighted by Gasteiger charge is 2.20. The molecule has 0 saturated carbocycles. The van der Waals surface area contributed by atoms with Gasteiger partial charge >= 0.3 is 11.9 Å². The van der Waals surface area contributed by atoms with Crippen molar-refractivity contribution < 1.29 is 33.2 Å². The molecule has 4 aromatic rings. The first-order valence-corrected chi connectivity index (χ1v) is 15.1. The molecule has 5 rings (SSSR count). The lowest BCUT2D eigenvalue weighted by Gasteiger charge is -2.07. The smallest absolute Gasteiger partial charge is 0.336 e. The van der Waals surface area contributed by atoms with E-state index in [0.29, 0.717) is 13.0 Å². The van der Waals surface area contributed by atoms with E-state index in [1.165, 1.54) is 6.92 Å². The number of nitrogens with one attached hydrogen (secondary N) is 1. The van der Waals surface area contributed by atoms with Crippen LogP contribution in [0.5, 0.6) is 0 Å². The molecule has 0 radical (unpaired) electrons. The summed E-state index contributed by atoms with van der Waals surface area (Å²) >= 11 is 0. The van der Waals surface area contributed by atoms with E-state index >= 15 is 0 Å². The van der Waals surface area contributed by atoms with Gasteiger partial charge in [-0.2, -0.15) is 0 Å². The second-order valence-corrected chi connectivity index (χ2v) is 11.4. The van der Waals surface area contributed by atoms with Gasteiger partial charge in [0.15, 0.2) is 0 Å². The molecule has 0 bridgehead atoms. The predicted molar refractivity (Wildman–Crippen MR) is 169 cm³/mol. The van der Waals surface area contributed by atoms with Crippen LogP contribution in [-0.2, 0) is 22.1 Å². The van der Waals surface area contributed by atoms with Crippen LogP contribution in [0.2, 0.25) is 0 Å². The van der Waals surface area contributed by atoms with Crippen LogP contribution in [0, 0.1) is 12.7 Å². The molecular weight excluding hydrogens is 581 g/mol. The number of rotatable bonds is 8. The van der Waals surface area contributed by atoms with Crippen molar-refractivity contribution in [2.75, 3.05) is 6.26 Å². The van der Waals surface area contributed by atoms with Crippen LogP contribution in [-0.4, -0.2) is 38.5 Å². The largest absolute Gasteiger partial charge is 0.478 e. The van der Waals surface area contributed by atoms with Crippen molar-refractivity contribution in [1.29, 1.82) is 0 Å². The van der Waals surface area contributed by atoms with Gasteiger partial charge in [0.05, 0.1) is 17.5 Å². The third kappa shape index (κ3) is 8.02. The van der Waals surface area contributed by atoms with Crippen LogP contribution < -0.4 is 5.32 Å². The number of carbonyl (C=O) groups is 3. The summed E-state index contributed by atoms with van der Waals surface area (Å²) in [6, 6.07) is 27.4. The zero-order chi connectivity index (χ0) is 31.8. The Balaban J connectivity index is 0.000000265. The van der Waals surface area contributed by atoms with Crippen LogP contribution >= 0.6 is 0 Å². The van der Waals surface area contributed by atoms with Crippen LogP contribution in [0.25, 0.3) is 17.2 Å². The van der Waals surface area contributed by atoms with Crippen molar-refractivity contribution in [1.82, 2.24) is 5.32 Å². The fraction of sp³-hybridized carbons (Fsp3) is 0.114. The molecule has 0 aliphatic heterocycles. The molecule has 0 heterocycles. The van der Waals surface area contributed by atoms with E-state index in [1.807, 2.05) is 66.7 Å². The second-order valence-electron chi connectivity index (χ2n) is 10.0. The number of hydrogen-bond donors (Lipinski definition) is 3. The number of halogens is 1. The number of benzene rings is 4. The Labute approximate surface area is 256 Å². The van der Waals surface area contributed by atoms with Crippen LogP contribution in [0.1, 0.15) is 55.0 Å². The number of amides is 1. The van der Waals surface area contributed by atoms with E-state index < -0.39 is 28.6 Å². The molecule has 1 unspecified atom stereocenters. The number of carboxylic acid groups (broad SMARTS) is 2. The van der Waals surface area contributed by atoms with Gasteiger partial charge in [-0.25, -0.2) is 14.0 Å². The standard InChI is InChI=1S/C26H23NO2S.C9H7FO4/c1-30(29)23-13-11-19(12-14-23)15-21-16-22(25-10-6-5-9-24(21)25)17-26(28)27-18-20-7-3-2-4-8-20;1-4-6(8(11)12)2-5(10)3-7(4)9(13)14/h2-16H,17-18H2,1H3,(H,27,28);2-3H,1H3,(H,11,12)(H,13,14). The van der Waals surface area contributed by atoms with Gasteiger partial charge in [-0.1, -0.05) is 66.7 Å². The molecule has 9 heteroatoms. The number of hydrogen-bond acceptors (Lipinski definition) is 4. The highest BCUT2D eigenvalue weighted by Crippen LogP contribution is 2.38. The van der Waals surface area contributed by atoms with Gasteiger partial charge < -0.3 is 15.5 Å². The molecule has 1 atom stereocenters. The minimum atomic E-state index is -1.34. The van der Waals surface area contributed by atoms with Crippen LogP contribution in [0.15, 0.2) is 102 Å². The molecule has 44 heavy (non-hydrogen) atoms. The van der Waals surface area contributed by atoms with E-state index in [0.717, 1.165) is 50.4 Å². The van der Waals surface area contributed by atoms with Gasteiger partial charge in [0.25, 0.3) is 0 Å². The van der Waals surface area contributed by atoms with E-state index in [-0.39, 0.29) is 22.6 Å². The number of carboxylic acids is 2. The first-order valence-electron chi connectivity index (χ1n) is 13.6. The highest BCUT2D eigenvalue weighted by molar-refractivity contribution is 7.84. The maximum Gasteiger partial charge on any atom is 0.336 e. The molecular formula is C35H30FNO6S. The maximum atomic E-state index is 12.8. The molecule has 0 saturated heterocycles. The zero-order valence-corrected chi connectivity index (χ0v) is 24.9. The van der Waals surface area contributed by atoms with Gasteiger partial charge in [0.2, 0.25) is 5.91 Å². The normalized spacial score (nSPS) is 13.2. The van der Waals surface area contributed by atoms with Crippen molar-refractivity contribution in [3.05, 3.63) is 142 Å². The Hall–Kier alpha value is -5.15. The summed E-state index contributed by atoms with van der Waals surface area (Å²) in [5, 5.41) is 20.3. The van der Waals surface area contributed by atoms with E-state index in [2.05, 4.69) is 29.6 Å². The fourth-order valence-electron chi connectivity index (χ4n) is 4.71. The summed E-state index contributed by atoms with van der Waals surface area (Å²) in [4.78, 5) is 34.5. The van der Waals surface area contributed by atoms with Crippen molar-refractivity contribution in [3.8, 4) is 0 Å². The van der Waals surface area contributed by atoms with Gasteiger partial charge in [0, 0.05) is 28.5 Å². The summed E-state index contributed by atoms with van der Waals surface area (Å²) in [6.45, 7) is 1.86. The molecule has 0 aromatic heterocycles. The third-order valence-corrected chi connectivity index (χ3v) is 7.90. The van der Waals surface area contributed by atoms with Gasteiger partial charge in [-0.3, -0.25) is 9.00 Å². The van der Waals surface area contributed by atoms with Gasteiger partial charge in [-0.15, -0.1) is 0 Å². The third-order valence-electron chi connectivity index (χ3n) is 6.96. The number of carbonyl (C=O) groups excluding carboxylic acids is 1. The van der Waals surface area contributed by atoms with Crippen LogP contribution in [0.3, 0.4) is 0 Å². The molecule has 4 aromatic carbocycles. The van der Waals surface area contributed by atoms with Crippen molar-refractivity contribution in [3.63, 3.8) is 0 Å². The Morgan fingerprint density at radius 1 is 0.841 bits per heavy atom. The quantitative estimate of drug-likeness (QED) is 0.207. The van der Waals surface area contributed by atoms with Crippen molar-refractivity contribution in [2.45, 2.75) is 24.8 Å². The fourth-order valence-corrected chi connectivity index (χ4v) is 5.23. The Bertz CT molecular complexity index is 1760. The Morgan fingerprint density at radius 3 is 1.98 bits per heavy atom. The van der Waals surface area contributed by atoms with E-state index in [9.17, 15) is 23.0 Å². The van der Waals surface area contributed by atoms with Crippen molar-refractivity contribution in [2.24, 2.45) is 0 Å². The molecule has 3 N–H and O–H groups in total. The Morgan fingerprint density at radius 2 is 1.41 bits per heavy atom. The number of allylic oxidation sites excluding steroid dienone is 2. The van der Waals surface area contributed by atoms with Crippen molar-refractivity contribution >= 4 is 45.9 Å².